The van der Waals surface area contributed by atoms with Gasteiger partial charge in [0, 0.05) is 42.2 Å². The number of benzene rings is 1. The van der Waals surface area contributed by atoms with E-state index in [4.69, 9.17) is 0 Å². The maximum atomic E-state index is 13.5. The van der Waals surface area contributed by atoms with Crippen LogP contribution < -0.4 is 0 Å². The second-order valence-corrected chi connectivity index (χ2v) is 5.96. The number of halogens is 2. The van der Waals surface area contributed by atoms with E-state index < -0.39 is 17.2 Å². The lowest BCUT2D eigenvalue weighted by Gasteiger charge is -2.18. The minimum absolute atomic E-state index is 0.384. The van der Waals surface area contributed by atoms with Crippen LogP contribution in [0.5, 0.6) is 0 Å². The Morgan fingerprint density at radius 2 is 1.83 bits per heavy atom. The number of aromatic nitrogens is 3. The molecule has 1 aromatic carbocycles. The van der Waals surface area contributed by atoms with Crippen LogP contribution in [0.3, 0.4) is 0 Å². The zero-order valence-corrected chi connectivity index (χ0v) is 13.1. The van der Waals surface area contributed by atoms with Crippen LogP contribution in [-0.2, 0) is 12.1 Å². The van der Waals surface area contributed by atoms with E-state index in [0.29, 0.717) is 34.5 Å². The molecule has 0 saturated carbocycles. The summed E-state index contributed by atoms with van der Waals surface area (Å²) in [6.07, 6.45) is 3.21. The third-order valence-corrected chi connectivity index (χ3v) is 3.81. The smallest absolute Gasteiger partial charge is 0.161 e. The fraction of sp³-hybridized carbons (Fsp3) is 0.294. The second kappa shape index (κ2) is 5.38. The van der Waals surface area contributed by atoms with Crippen molar-refractivity contribution in [2.75, 3.05) is 0 Å². The highest BCUT2D eigenvalue weighted by atomic mass is 19.2. The fourth-order valence-electron chi connectivity index (χ4n) is 2.56. The average molecular weight is 317 g/mol. The van der Waals surface area contributed by atoms with Gasteiger partial charge in [-0.2, -0.15) is 0 Å². The predicted molar refractivity (Wildman–Crippen MR) is 83.8 cm³/mol. The summed E-state index contributed by atoms with van der Waals surface area (Å²) in [5, 5.41) is 10.1. The van der Waals surface area contributed by atoms with Crippen molar-refractivity contribution >= 4 is 11.0 Å². The van der Waals surface area contributed by atoms with E-state index in [-0.39, 0.29) is 0 Å². The first kappa shape index (κ1) is 15.6. The number of pyridine rings is 1. The molecule has 6 heteroatoms. The summed E-state index contributed by atoms with van der Waals surface area (Å²) in [5.41, 5.74) is 1.19. The summed E-state index contributed by atoms with van der Waals surface area (Å²) < 4.78 is 28.8. The van der Waals surface area contributed by atoms with Gasteiger partial charge in [-0.3, -0.25) is 4.98 Å². The van der Waals surface area contributed by atoms with Gasteiger partial charge < -0.3 is 9.67 Å². The van der Waals surface area contributed by atoms with Gasteiger partial charge in [-0.05, 0) is 26.8 Å². The number of rotatable bonds is 3. The molecule has 0 spiro atoms. The van der Waals surface area contributed by atoms with Crippen molar-refractivity contribution in [1.82, 2.24) is 14.5 Å². The summed E-state index contributed by atoms with van der Waals surface area (Å²) in [6.45, 7) is 5.78. The number of nitrogens with zero attached hydrogens (tertiary/aromatic N) is 3. The summed E-state index contributed by atoms with van der Waals surface area (Å²) >= 11 is 0. The van der Waals surface area contributed by atoms with E-state index in [0.717, 1.165) is 12.1 Å². The summed E-state index contributed by atoms with van der Waals surface area (Å²) in [4.78, 5) is 8.56. The van der Waals surface area contributed by atoms with Crippen molar-refractivity contribution in [3.05, 3.63) is 47.8 Å². The molecule has 0 amide bonds. The van der Waals surface area contributed by atoms with Gasteiger partial charge in [-0.15, -0.1) is 0 Å². The molecule has 0 atom stereocenters. The maximum absolute atomic E-state index is 13.5. The number of fused-ring (bicyclic) bond motifs is 1. The van der Waals surface area contributed by atoms with E-state index in [1.54, 1.807) is 36.9 Å². The molecule has 120 valence electrons. The standard InChI is InChI=1S/C17H17F2N3O/c1-4-22-15-7-13(19)12(18)6-14(15)21-16(22)10-5-11(9-20-8-10)17(2,3)23/h5-9,23H,4H2,1-3H3. The molecule has 0 aliphatic carbocycles. The molecule has 1 N–H and O–H groups in total. The lowest BCUT2D eigenvalue weighted by atomic mass is 9.99. The van der Waals surface area contributed by atoms with Crippen LogP contribution in [0.25, 0.3) is 22.4 Å². The van der Waals surface area contributed by atoms with Gasteiger partial charge in [0.05, 0.1) is 16.6 Å². The molecule has 0 saturated heterocycles. The highest BCUT2D eigenvalue weighted by Gasteiger charge is 2.19. The molecule has 0 bridgehead atoms. The van der Waals surface area contributed by atoms with Crippen molar-refractivity contribution < 1.29 is 13.9 Å². The second-order valence-electron chi connectivity index (χ2n) is 5.96. The van der Waals surface area contributed by atoms with Crippen molar-refractivity contribution in [3.8, 4) is 11.4 Å². The van der Waals surface area contributed by atoms with Crippen molar-refractivity contribution in [3.63, 3.8) is 0 Å². The Morgan fingerprint density at radius 3 is 2.48 bits per heavy atom. The van der Waals surface area contributed by atoms with Gasteiger partial charge in [-0.25, -0.2) is 13.8 Å². The molecule has 0 aliphatic rings. The zero-order chi connectivity index (χ0) is 16.8. The Bertz CT molecular complexity index is 881. The highest BCUT2D eigenvalue weighted by molar-refractivity contribution is 5.80. The van der Waals surface area contributed by atoms with Crippen molar-refractivity contribution in [2.24, 2.45) is 0 Å². The van der Waals surface area contributed by atoms with Crippen molar-refractivity contribution in [1.29, 1.82) is 0 Å². The van der Waals surface area contributed by atoms with Gasteiger partial charge in [0.1, 0.15) is 5.82 Å². The molecular formula is C17H17F2N3O. The van der Waals surface area contributed by atoms with Crippen LogP contribution in [0.15, 0.2) is 30.6 Å². The van der Waals surface area contributed by atoms with Gasteiger partial charge in [0.2, 0.25) is 0 Å². The molecule has 23 heavy (non-hydrogen) atoms. The Balaban J connectivity index is 2.24. The molecule has 2 heterocycles. The van der Waals surface area contributed by atoms with Crippen LogP contribution in [0.4, 0.5) is 8.78 Å². The van der Waals surface area contributed by atoms with Gasteiger partial charge in [0.15, 0.2) is 11.6 Å². The van der Waals surface area contributed by atoms with E-state index in [9.17, 15) is 13.9 Å². The average Bonchev–Trinajstić information content (AvgIpc) is 2.84. The third kappa shape index (κ3) is 2.70. The molecule has 2 aromatic heterocycles. The normalized spacial score (nSPS) is 12.1. The van der Waals surface area contributed by atoms with Gasteiger partial charge in [-0.1, -0.05) is 0 Å². The molecule has 3 rings (SSSR count). The maximum Gasteiger partial charge on any atom is 0.161 e. The Kier molecular flexibility index (Phi) is 3.64. The van der Waals surface area contributed by atoms with Gasteiger partial charge in [0.25, 0.3) is 0 Å². The number of hydrogen-bond acceptors (Lipinski definition) is 3. The molecular weight excluding hydrogens is 300 g/mol. The molecule has 0 aliphatic heterocycles. The minimum atomic E-state index is -1.04. The van der Waals surface area contributed by atoms with Crippen LogP contribution in [0.1, 0.15) is 26.3 Å². The highest BCUT2D eigenvalue weighted by Crippen LogP contribution is 2.28. The van der Waals surface area contributed by atoms with Gasteiger partial charge >= 0.3 is 0 Å². The number of aryl methyl sites for hydroxylation is 1. The topological polar surface area (TPSA) is 50.9 Å². The van der Waals surface area contributed by atoms with Crippen LogP contribution in [-0.4, -0.2) is 19.6 Å². The lowest BCUT2D eigenvalue weighted by molar-refractivity contribution is 0.0783. The number of hydrogen-bond donors (Lipinski definition) is 1. The van der Waals surface area contributed by atoms with E-state index in [1.165, 1.54) is 0 Å². The third-order valence-electron chi connectivity index (χ3n) is 3.81. The summed E-state index contributed by atoms with van der Waals surface area (Å²) in [7, 11) is 0. The monoisotopic (exact) mass is 317 g/mol. The van der Waals surface area contributed by atoms with Crippen LogP contribution in [0, 0.1) is 11.6 Å². The largest absolute Gasteiger partial charge is 0.386 e. The van der Waals surface area contributed by atoms with E-state index in [1.807, 2.05) is 6.92 Å². The van der Waals surface area contributed by atoms with Crippen molar-refractivity contribution in [2.45, 2.75) is 32.9 Å². The summed E-state index contributed by atoms with van der Waals surface area (Å²) in [6, 6.07) is 4.03. The van der Waals surface area contributed by atoms with Crippen LogP contribution in [0.2, 0.25) is 0 Å². The molecule has 4 nitrogen and oxygen atoms in total. The zero-order valence-electron chi connectivity index (χ0n) is 13.1. The quantitative estimate of drug-likeness (QED) is 0.802. The minimum Gasteiger partial charge on any atom is -0.386 e. The Labute approximate surface area is 132 Å². The first-order valence-electron chi connectivity index (χ1n) is 7.35. The Hall–Kier alpha value is -2.34. The summed E-state index contributed by atoms with van der Waals surface area (Å²) in [5.74, 6) is -1.26. The van der Waals surface area contributed by atoms with E-state index >= 15 is 0 Å². The number of aliphatic hydroxyl groups is 1. The van der Waals surface area contributed by atoms with E-state index in [2.05, 4.69) is 9.97 Å². The lowest BCUT2D eigenvalue weighted by Crippen LogP contribution is -2.15. The Morgan fingerprint density at radius 1 is 1.13 bits per heavy atom. The fourth-order valence-corrected chi connectivity index (χ4v) is 2.56. The molecule has 3 aromatic rings. The molecule has 0 radical (unpaired) electrons. The predicted octanol–water partition coefficient (Wildman–Crippen LogP) is 3.62. The first-order valence-corrected chi connectivity index (χ1v) is 7.35. The number of imidazole rings is 1. The molecule has 0 fully saturated rings. The molecule has 0 unspecified atom stereocenters. The van der Waals surface area contributed by atoms with Crippen LogP contribution >= 0.6 is 0 Å². The first-order chi connectivity index (χ1) is 10.8. The SMILES string of the molecule is CCn1c(-c2cncc(C(C)(C)O)c2)nc2cc(F)c(F)cc21.